The number of aromatic nitrogens is 1. The molecular weight excluding hydrogens is 271 g/mol. The zero-order valence-corrected chi connectivity index (χ0v) is 11.5. The molecule has 1 aliphatic heterocycles. The molecule has 0 fully saturated rings. The minimum absolute atomic E-state index is 0.0473. The van der Waals surface area contributed by atoms with Gasteiger partial charge in [0.25, 0.3) is 0 Å². The average Bonchev–Trinajstić information content (AvgIpc) is 2.90. The van der Waals surface area contributed by atoms with Gasteiger partial charge in [0.15, 0.2) is 5.96 Å². The minimum atomic E-state index is -0.281. The molecule has 2 heterocycles. The summed E-state index contributed by atoms with van der Waals surface area (Å²) < 4.78 is 18.1. The fourth-order valence-corrected chi connectivity index (χ4v) is 2.38. The summed E-state index contributed by atoms with van der Waals surface area (Å²) in [6, 6.07) is 9.87. The van der Waals surface area contributed by atoms with Crippen LogP contribution in [0.2, 0.25) is 0 Å². The molecule has 0 spiro atoms. The Labute approximate surface area is 121 Å². The molecule has 0 saturated carbocycles. The molecule has 1 atom stereocenters. The van der Waals surface area contributed by atoms with Crippen LogP contribution in [0.5, 0.6) is 5.88 Å². The highest BCUT2D eigenvalue weighted by molar-refractivity contribution is 5.97. The van der Waals surface area contributed by atoms with E-state index in [-0.39, 0.29) is 11.9 Å². The topological polar surface area (TPSA) is 63.7 Å². The highest BCUT2D eigenvalue weighted by Crippen LogP contribution is 2.31. The highest BCUT2D eigenvalue weighted by Gasteiger charge is 2.29. The Morgan fingerprint density at radius 2 is 2.00 bits per heavy atom. The van der Waals surface area contributed by atoms with Gasteiger partial charge in [-0.2, -0.15) is 0 Å². The summed E-state index contributed by atoms with van der Waals surface area (Å²) in [6.07, 6.45) is 1.74. The molecule has 5 nitrogen and oxygen atoms in total. The number of hydrogen-bond donors (Lipinski definition) is 1. The molecule has 0 saturated heterocycles. The molecule has 1 unspecified atom stereocenters. The van der Waals surface area contributed by atoms with Gasteiger partial charge in [-0.3, -0.25) is 4.99 Å². The van der Waals surface area contributed by atoms with Gasteiger partial charge in [0.2, 0.25) is 5.88 Å². The zero-order valence-electron chi connectivity index (χ0n) is 11.5. The summed E-state index contributed by atoms with van der Waals surface area (Å²) in [5.41, 5.74) is 7.75. The SMILES string of the molecule is COc1ccc(C2CN=C(N)N2c2ccc(F)cc2)cn1. The van der Waals surface area contributed by atoms with Crippen molar-refractivity contribution in [2.45, 2.75) is 6.04 Å². The molecule has 1 aliphatic rings. The van der Waals surface area contributed by atoms with Crippen LogP contribution in [-0.4, -0.2) is 24.6 Å². The van der Waals surface area contributed by atoms with E-state index in [9.17, 15) is 4.39 Å². The molecule has 2 aromatic rings. The van der Waals surface area contributed by atoms with Crippen molar-refractivity contribution in [2.75, 3.05) is 18.6 Å². The molecule has 1 aromatic carbocycles. The molecule has 3 rings (SSSR count). The predicted octanol–water partition coefficient (Wildman–Crippen LogP) is 2.11. The van der Waals surface area contributed by atoms with Crippen molar-refractivity contribution >= 4 is 11.6 Å². The van der Waals surface area contributed by atoms with Crippen molar-refractivity contribution in [3.05, 3.63) is 54.0 Å². The van der Waals surface area contributed by atoms with Gasteiger partial charge < -0.3 is 15.4 Å². The zero-order chi connectivity index (χ0) is 14.8. The standard InChI is InChI=1S/C15H15FN4O/c1-21-14-7-2-10(8-18-14)13-9-19-15(17)20(13)12-5-3-11(16)4-6-12/h2-8,13H,9H2,1H3,(H2,17,19). The molecule has 0 bridgehead atoms. The number of guanidine groups is 1. The van der Waals surface area contributed by atoms with Gasteiger partial charge in [0, 0.05) is 18.0 Å². The van der Waals surface area contributed by atoms with Crippen LogP contribution < -0.4 is 15.4 Å². The van der Waals surface area contributed by atoms with Crippen LogP contribution in [0.1, 0.15) is 11.6 Å². The van der Waals surface area contributed by atoms with Crippen molar-refractivity contribution in [2.24, 2.45) is 10.7 Å². The first-order valence-corrected chi connectivity index (χ1v) is 6.53. The molecule has 2 N–H and O–H groups in total. The third kappa shape index (κ3) is 2.52. The fourth-order valence-electron chi connectivity index (χ4n) is 2.38. The lowest BCUT2D eigenvalue weighted by molar-refractivity contribution is 0.397. The largest absolute Gasteiger partial charge is 0.481 e. The van der Waals surface area contributed by atoms with Crippen LogP contribution in [0.25, 0.3) is 0 Å². The number of aliphatic imine (C=N–C) groups is 1. The first-order valence-electron chi connectivity index (χ1n) is 6.53. The van der Waals surface area contributed by atoms with Crippen LogP contribution in [0.4, 0.5) is 10.1 Å². The molecule has 1 aromatic heterocycles. The smallest absolute Gasteiger partial charge is 0.212 e. The molecule has 0 radical (unpaired) electrons. The lowest BCUT2D eigenvalue weighted by Crippen LogP contribution is -2.36. The van der Waals surface area contributed by atoms with E-state index in [1.54, 1.807) is 31.5 Å². The minimum Gasteiger partial charge on any atom is -0.481 e. The van der Waals surface area contributed by atoms with E-state index in [2.05, 4.69) is 9.98 Å². The van der Waals surface area contributed by atoms with E-state index >= 15 is 0 Å². The lowest BCUT2D eigenvalue weighted by Gasteiger charge is -2.26. The van der Waals surface area contributed by atoms with E-state index in [0.717, 1.165) is 11.3 Å². The monoisotopic (exact) mass is 286 g/mol. The second-order valence-electron chi connectivity index (χ2n) is 4.69. The van der Waals surface area contributed by atoms with Crippen LogP contribution in [0.3, 0.4) is 0 Å². The van der Waals surface area contributed by atoms with E-state index in [0.29, 0.717) is 18.4 Å². The Balaban J connectivity index is 1.92. The Kier molecular flexibility index (Phi) is 3.43. The van der Waals surface area contributed by atoms with E-state index < -0.39 is 0 Å². The second-order valence-corrected chi connectivity index (χ2v) is 4.69. The van der Waals surface area contributed by atoms with Gasteiger partial charge in [-0.15, -0.1) is 0 Å². The molecular formula is C15H15FN4O. The van der Waals surface area contributed by atoms with Crippen LogP contribution in [-0.2, 0) is 0 Å². The first-order chi connectivity index (χ1) is 10.2. The quantitative estimate of drug-likeness (QED) is 0.938. The maximum absolute atomic E-state index is 13.1. The maximum atomic E-state index is 13.1. The number of rotatable bonds is 3. The van der Waals surface area contributed by atoms with Crippen molar-refractivity contribution < 1.29 is 9.13 Å². The summed E-state index contributed by atoms with van der Waals surface area (Å²) in [4.78, 5) is 10.4. The number of hydrogen-bond acceptors (Lipinski definition) is 5. The Morgan fingerprint density at radius 1 is 1.24 bits per heavy atom. The molecule has 108 valence electrons. The number of nitrogens with two attached hydrogens (primary N) is 1. The van der Waals surface area contributed by atoms with Crippen LogP contribution >= 0.6 is 0 Å². The first kappa shape index (κ1) is 13.4. The van der Waals surface area contributed by atoms with Crippen molar-refractivity contribution in [3.8, 4) is 5.88 Å². The number of methoxy groups -OCH3 is 1. The van der Waals surface area contributed by atoms with Gasteiger partial charge >= 0.3 is 0 Å². The van der Waals surface area contributed by atoms with Gasteiger partial charge in [-0.05, 0) is 35.9 Å². The summed E-state index contributed by atoms with van der Waals surface area (Å²) >= 11 is 0. The van der Waals surface area contributed by atoms with Gasteiger partial charge in [-0.25, -0.2) is 9.37 Å². The number of pyridine rings is 1. The molecule has 21 heavy (non-hydrogen) atoms. The fraction of sp³-hybridized carbons (Fsp3) is 0.200. The van der Waals surface area contributed by atoms with Gasteiger partial charge in [0.05, 0.1) is 19.7 Å². The van der Waals surface area contributed by atoms with Gasteiger partial charge in [-0.1, -0.05) is 0 Å². The predicted molar refractivity (Wildman–Crippen MR) is 78.9 cm³/mol. The summed E-state index contributed by atoms with van der Waals surface area (Å²) in [5.74, 6) is 0.692. The third-order valence-corrected chi connectivity index (χ3v) is 3.44. The highest BCUT2D eigenvalue weighted by atomic mass is 19.1. The van der Waals surface area contributed by atoms with Crippen LogP contribution in [0, 0.1) is 5.82 Å². The van der Waals surface area contributed by atoms with Crippen LogP contribution in [0.15, 0.2) is 47.6 Å². The number of nitrogens with zero attached hydrogens (tertiary/aromatic N) is 3. The van der Waals surface area contributed by atoms with Crippen molar-refractivity contribution in [1.82, 2.24) is 4.98 Å². The normalized spacial score (nSPS) is 17.7. The number of anilines is 1. The van der Waals surface area contributed by atoms with Gasteiger partial charge in [0.1, 0.15) is 5.82 Å². The van der Waals surface area contributed by atoms with E-state index in [1.807, 2.05) is 11.0 Å². The molecule has 0 aliphatic carbocycles. The summed E-state index contributed by atoms with van der Waals surface area (Å²) in [5, 5.41) is 0. The second kappa shape index (κ2) is 5.40. The van der Waals surface area contributed by atoms with E-state index in [4.69, 9.17) is 10.5 Å². The average molecular weight is 286 g/mol. The lowest BCUT2D eigenvalue weighted by atomic mass is 10.1. The molecule has 6 heteroatoms. The van der Waals surface area contributed by atoms with Crippen molar-refractivity contribution in [1.29, 1.82) is 0 Å². The summed E-state index contributed by atoms with van der Waals surface area (Å²) in [6.45, 7) is 0.539. The number of benzene rings is 1. The number of ether oxygens (including phenoxy) is 1. The third-order valence-electron chi connectivity index (χ3n) is 3.44. The Hall–Kier alpha value is -2.63. The maximum Gasteiger partial charge on any atom is 0.212 e. The summed E-state index contributed by atoms with van der Waals surface area (Å²) in [7, 11) is 1.57. The van der Waals surface area contributed by atoms with E-state index in [1.165, 1.54) is 12.1 Å². The number of halogens is 1. The Morgan fingerprint density at radius 3 is 2.62 bits per heavy atom. The van der Waals surface area contributed by atoms with Crippen molar-refractivity contribution in [3.63, 3.8) is 0 Å². The Bertz CT molecular complexity index is 654. The molecule has 0 amide bonds.